The second-order valence-electron chi connectivity index (χ2n) is 9.67. The molecule has 3 heterocycles. The van der Waals surface area contributed by atoms with Crippen LogP contribution >= 0.6 is 23.2 Å². The number of esters is 1. The second kappa shape index (κ2) is 8.87. The first-order valence-electron chi connectivity index (χ1n) is 11.9. The van der Waals surface area contributed by atoms with Gasteiger partial charge in [0.2, 0.25) is 11.8 Å². The number of benzene rings is 3. The van der Waals surface area contributed by atoms with Crippen LogP contribution in [-0.2, 0) is 26.4 Å². The molecule has 3 aliphatic rings. The second-order valence-corrected chi connectivity index (χ2v) is 10.5. The Bertz CT molecular complexity index is 1440. The highest BCUT2D eigenvalue weighted by atomic mass is 35.5. The Balaban J connectivity index is 1.37. The predicted octanol–water partition coefficient (Wildman–Crippen LogP) is 4.34. The zero-order valence-corrected chi connectivity index (χ0v) is 21.3. The van der Waals surface area contributed by atoms with Gasteiger partial charge in [-0.25, -0.2) is 4.79 Å². The minimum absolute atomic E-state index is 0.0355. The molecule has 0 radical (unpaired) electrons. The molecule has 0 aliphatic carbocycles. The first-order valence-corrected chi connectivity index (χ1v) is 12.7. The average molecular weight is 536 g/mol. The first-order chi connectivity index (χ1) is 17.8. The lowest BCUT2D eigenvalue weighted by Crippen LogP contribution is -2.51. The van der Waals surface area contributed by atoms with Crippen LogP contribution in [0, 0.1) is 5.92 Å². The monoisotopic (exact) mass is 535 g/mol. The molecule has 0 unspecified atom stereocenters. The number of nitrogens with one attached hydrogen (secondary N) is 2. The third kappa shape index (κ3) is 3.72. The molecule has 2 amide bonds. The molecule has 0 saturated carbocycles. The molecule has 9 heteroatoms. The van der Waals surface area contributed by atoms with Crippen LogP contribution in [0.3, 0.4) is 0 Å². The normalized spacial score (nSPS) is 25.8. The van der Waals surface area contributed by atoms with Crippen molar-refractivity contribution in [3.8, 4) is 0 Å². The van der Waals surface area contributed by atoms with Crippen LogP contribution in [-0.4, -0.2) is 42.4 Å². The van der Waals surface area contributed by atoms with Crippen molar-refractivity contribution in [2.24, 2.45) is 5.92 Å². The van der Waals surface area contributed by atoms with E-state index in [1.54, 1.807) is 35.2 Å². The summed E-state index contributed by atoms with van der Waals surface area (Å²) in [5, 5.41) is 7.62. The van der Waals surface area contributed by atoms with Crippen LogP contribution < -0.4 is 10.6 Å². The number of hydrogen-bond donors (Lipinski definition) is 2. The molecule has 2 fully saturated rings. The maximum atomic E-state index is 13.9. The van der Waals surface area contributed by atoms with Crippen molar-refractivity contribution in [3.63, 3.8) is 0 Å². The SMILES string of the molecule is COC(=O)c1ccc(CN2C[C@H]3N[C@@]4(C(=O)Nc5cc(Cl)ccc54)[C@H](c4cccc(Cl)c4)[C@H]3C2=O)cc1. The number of halogens is 2. The van der Waals surface area contributed by atoms with Crippen LogP contribution in [0.25, 0.3) is 0 Å². The van der Waals surface area contributed by atoms with Crippen molar-refractivity contribution in [2.75, 3.05) is 19.0 Å². The molecular formula is C28H23Cl2N3O4. The van der Waals surface area contributed by atoms with Crippen LogP contribution in [0.1, 0.15) is 33.0 Å². The van der Waals surface area contributed by atoms with Crippen LogP contribution in [0.2, 0.25) is 10.0 Å². The number of rotatable bonds is 4. The van der Waals surface area contributed by atoms with Crippen molar-refractivity contribution < 1.29 is 19.1 Å². The predicted molar refractivity (Wildman–Crippen MR) is 140 cm³/mol. The Labute approximate surface area is 223 Å². The van der Waals surface area contributed by atoms with E-state index in [-0.39, 0.29) is 17.9 Å². The van der Waals surface area contributed by atoms with Gasteiger partial charge in [-0.1, -0.05) is 53.5 Å². The van der Waals surface area contributed by atoms with Crippen molar-refractivity contribution in [3.05, 3.63) is 99.0 Å². The number of likely N-dealkylation sites (tertiary alicyclic amines) is 1. The number of amides is 2. The topological polar surface area (TPSA) is 87.7 Å². The van der Waals surface area contributed by atoms with Gasteiger partial charge in [-0.2, -0.15) is 0 Å². The van der Waals surface area contributed by atoms with E-state index in [9.17, 15) is 14.4 Å². The smallest absolute Gasteiger partial charge is 0.337 e. The molecule has 3 aliphatic heterocycles. The van der Waals surface area contributed by atoms with Gasteiger partial charge in [-0.3, -0.25) is 14.9 Å². The van der Waals surface area contributed by atoms with Gasteiger partial charge >= 0.3 is 5.97 Å². The minimum atomic E-state index is -1.12. The minimum Gasteiger partial charge on any atom is -0.465 e. The van der Waals surface area contributed by atoms with E-state index in [0.717, 1.165) is 16.7 Å². The number of ether oxygens (including phenoxy) is 1. The third-order valence-electron chi connectivity index (χ3n) is 7.66. The summed E-state index contributed by atoms with van der Waals surface area (Å²) in [5.41, 5.74) is 2.47. The Hall–Kier alpha value is -3.39. The van der Waals surface area contributed by atoms with Gasteiger partial charge in [-0.15, -0.1) is 0 Å². The van der Waals surface area contributed by atoms with E-state index in [2.05, 4.69) is 10.6 Å². The molecule has 3 aromatic carbocycles. The van der Waals surface area contributed by atoms with Crippen molar-refractivity contribution in [1.29, 1.82) is 0 Å². The number of carbonyl (C=O) groups excluding carboxylic acids is 3. The number of carbonyl (C=O) groups is 3. The van der Waals surface area contributed by atoms with Crippen molar-refractivity contribution in [2.45, 2.75) is 24.0 Å². The summed E-state index contributed by atoms with van der Waals surface area (Å²) >= 11 is 12.6. The average Bonchev–Trinajstić information content (AvgIpc) is 3.47. The Morgan fingerprint density at radius 2 is 1.81 bits per heavy atom. The van der Waals surface area contributed by atoms with Crippen molar-refractivity contribution >= 4 is 46.7 Å². The Morgan fingerprint density at radius 1 is 1.05 bits per heavy atom. The van der Waals surface area contributed by atoms with Gasteiger partial charge in [0.15, 0.2) is 0 Å². The van der Waals surface area contributed by atoms with Gasteiger partial charge in [0.25, 0.3) is 0 Å². The van der Waals surface area contributed by atoms with Crippen LogP contribution in [0.4, 0.5) is 5.69 Å². The standard InChI is InChI=1S/C28H23Cl2N3O4/c1-37-26(35)16-7-5-15(6-8-16)13-33-14-22-23(25(33)34)24(17-3-2-4-18(29)11-17)28(32-22)20-10-9-19(30)12-21(20)31-27(28)36/h2-12,22-24,32H,13-14H2,1H3,(H,31,36)/t22-,23+,24-,28-/m1/s1. The van der Waals surface area contributed by atoms with Gasteiger partial charge < -0.3 is 15.0 Å². The molecule has 3 aromatic rings. The number of nitrogens with zero attached hydrogens (tertiary/aromatic N) is 1. The lowest BCUT2D eigenvalue weighted by molar-refractivity contribution is -0.132. The largest absolute Gasteiger partial charge is 0.465 e. The summed E-state index contributed by atoms with van der Waals surface area (Å²) in [4.78, 5) is 41.1. The molecule has 2 N–H and O–H groups in total. The van der Waals surface area contributed by atoms with Gasteiger partial charge in [-0.05, 0) is 47.5 Å². The quantitative estimate of drug-likeness (QED) is 0.485. The van der Waals surface area contributed by atoms with E-state index < -0.39 is 23.3 Å². The van der Waals surface area contributed by atoms with Gasteiger partial charge in [0, 0.05) is 46.3 Å². The summed E-state index contributed by atoms with van der Waals surface area (Å²) in [5.74, 6) is -1.60. The number of fused-ring (bicyclic) bond motifs is 3. The molecule has 6 rings (SSSR count). The molecule has 0 aromatic heterocycles. The lowest BCUT2D eigenvalue weighted by atomic mass is 9.72. The Morgan fingerprint density at radius 3 is 2.54 bits per heavy atom. The van der Waals surface area contributed by atoms with E-state index in [1.165, 1.54) is 7.11 Å². The molecule has 37 heavy (non-hydrogen) atoms. The third-order valence-corrected chi connectivity index (χ3v) is 8.13. The molecule has 0 bridgehead atoms. The number of hydrogen-bond acceptors (Lipinski definition) is 5. The zero-order valence-electron chi connectivity index (χ0n) is 19.8. The molecular weight excluding hydrogens is 513 g/mol. The maximum Gasteiger partial charge on any atom is 0.337 e. The summed E-state index contributed by atoms with van der Waals surface area (Å²) < 4.78 is 4.76. The van der Waals surface area contributed by atoms with Gasteiger partial charge in [0.05, 0.1) is 18.6 Å². The van der Waals surface area contributed by atoms with E-state index in [4.69, 9.17) is 27.9 Å². The van der Waals surface area contributed by atoms with Crippen molar-refractivity contribution in [1.82, 2.24) is 10.2 Å². The highest BCUT2D eigenvalue weighted by molar-refractivity contribution is 6.31. The van der Waals surface area contributed by atoms with Crippen LogP contribution in [0.5, 0.6) is 0 Å². The molecule has 4 atom stereocenters. The molecule has 1 spiro atoms. The highest BCUT2D eigenvalue weighted by Crippen LogP contribution is 2.56. The van der Waals surface area contributed by atoms with Crippen LogP contribution in [0.15, 0.2) is 66.7 Å². The van der Waals surface area contributed by atoms with E-state index in [1.807, 2.05) is 36.4 Å². The Kier molecular flexibility index (Phi) is 5.75. The summed E-state index contributed by atoms with van der Waals surface area (Å²) in [6.45, 7) is 0.833. The van der Waals surface area contributed by atoms with E-state index >= 15 is 0 Å². The summed E-state index contributed by atoms with van der Waals surface area (Å²) in [7, 11) is 1.34. The molecule has 7 nitrogen and oxygen atoms in total. The number of anilines is 1. The van der Waals surface area contributed by atoms with E-state index in [0.29, 0.717) is 34.4 Å². The molecule has 2 saturated heterocycles. The summed E-state index contributed by atoms with van der Waals surface area (Å²) in [6, 6.07) is 19.5. The highest BCUT2D eigenvalue weighted by Gasteiger charge is 2.66. The number of methoxy groups -OCH3 is 1. The fourth-order valence-electron chi connectivity index (χ4n) is 6.13. The van der Waals surface area contributed by atoms with Gasteiger partial charge in [0.1, 0.15) is 5.54 Å². The first kappa shape index (κ1) is 24.0. The zero-order chi connectivity index (χ0) is 25.9. The fraction of sp³-hybridized carbons (Fsp3) is 0.250. The summed E-state index contributed by atoms with van der Waals surface area (Å²) in [6.07, 6.45) is 0. The maximum absolute atomic E-state index is 13.9. The molecule has 188 valence electrons. The fourth-order valence-corrected chi connectivity index (χ4v) is 6.50. The lowest BCUT2D eigenvalue weighted by Gasteiger charge is -2.33.